The fourth-order valence-corrected chi connectivity index (χ4v) is 4.11. The molecule has 0 atom stereocenters. The van der Waals surface area contributed by atoms with Gasteiger partial charge < -0.3 is 4.90 Å². The van der Waals surface area contributed by atoms with Crippen LogP contribution in [0.3, 0.4) is 0 Å². The van der Waals surface area contributed by atoms with Gasteiger partial charge in [-0.2, -0.15) is 10.2 Å². The average molecular weight is 365 g/mol. The summed E-state index contributed by atoms with van der Waals surface area (Å²) in [4.78, 5) is 21.5. The molecule has 8 nitrogen and oxygen atoms in total. The summed E-state index contributed by atoms with van der Waals surface area (Å²) in [5, 5.41) is 8.86. The Bertz CT molecular complexity index is 1020. The number of aryl methyl sites for hydroxylation is 2. The van der Waals surface area contributed by atoms with Crippen LogP contribution < -0.4 is 10.5 Å². The highest BCUT2D eigenvalue weighted by molar-refractivity contribution is 5.68. The molecule has 0 N–H and O–H groups in total. The summed E-state index contributed by atoms with van der Waals surface area (Å²) in [5.41, 5.74) is 3.33. The van der Waals surface area contributed by atoms with Gasteiger partial charge in [0.05, 0.1) is 18.4 Å². The lowest BCUT2D eigenvalue weighted by Crippen LogP contribution is -2.48. The molecule has 5 rings (SSSR count). The second-order valence-electron chi connectivity index (χ2n) is 7.27. The van der Waals surface area contributed by atoms with Gasteiger partial charge in [0.2, 0.25) is 0 Å². The van der Waals surface area contributed by atoms with E-state index in [1.165, 1.54) is 0 Å². The molecular formula is C19H23N7O. The van der Waals surface area contributed by atoms with Gasteiger partial charge in [-0.05, 0) is 30.9 Å². The molecule has 0 radical (unpaired) electrons. The Hall–Kier alpha value is -2.74. The van der Waals surface area contributed by atoms with Crippen molar-refractivity contribution in [2.24, 2.45) is 0 Å². The van der Waals surface area contributed by atoms with Gasteiger partial charge in [-0.25, -0.2) is 14.2 Å². The molecule has 27 heavy (non-hydrogen) atoms. The van der Waals surface area contributed by atoms with E-state index in [2.05, 4.69) is 25.0 Å². The minimum absolute atomic E-state index is 0.0332. The summed E-state index contributed by atoms with van der Waals surface area (Å²) in [6.45, 7) is 5.26. The monoisotopic (exact) mass is 365 g/mol. The number of hydrogen-bond acceptors (Lipinski definition) is 6. The Morgan fingerprint density at radius 2 is 1.93 bits per heavy atom. The van der Waals surface area contributed by atoms with E-state index in [4.69, 9.17) is 0 Å². The van der Waals surface area contributed by atoms with Crippen LogP contribution in [0.1, 0.15) is 17.7 Å². The molecule has 0 spiro atoms. The van der Waals surface area contributed by atoms with Crippen LogP contribution >= 0.6 is 0 Å². The van der Waals surface area contributed by atoms with E-state index in [0.717, 1.165) is 74.6 Å². The van der Waals surface area contributed by atoms with Crippen LogP contribution in [0.5, 0.6) is 0 Å². The van der Waals surface area contributed by atoms with E-state index in [0.29, 0.717) is 6.54 Å². The smallest absolute Gasteiger partial charge is 0.267 e. The summed E-state index contributed by atoms with van der Waals surface area (Å²) in [7, 11) is 0. The zero-order chi connectivity index (χ0) is 18.2. The molecule has 0 amide bonds. The van der Waals surface area contributed by atoms with Gasteiger partial charge >= 0.3 is 0 Å². The number of aromatic nitrogens is 5. The third-order valence-corrected chi connectivity index (χ3v) is 5.63. The van der Waals surface area contributed by atoms with Crippen molar-refractivity contribution in [3.05, 3.63) is 52.3 Å². The third kappa shape index (κ3) is 3.10. The van der Waals surface area contributed by atoms with Crippen LogP contribution in [-0.4, -0.2) is 62.0 Å². The fraction of sp³-hybridized carbons (Fsp3) is 0.474. The molecule has 0 aromatic carbocycles. The largest absolute Gasteiger partial charge is 0.352 e. The van der Waals surface area contributed by atoms with E-state index in [-0.39, 0.29) is 5.56 Å². The highest BCUT2D eigenvalue weighted by Crippen LogP contribution is 2.20. The molecule has 4 heterocycles. The number of nitrogens with zero attached hydrogens (tertiary/aromatic N) is 7. The van der Waals surface area contributed by atoms with Gasteiger partial charge in [0.15, 0.2) is 5.82 Å². The van der Waals surface area contributed by atoms with Gasteiger partial charge in [0.1, 0.15) is 5.52 Å². The zero-order valence-electron chi connectivity index (χ0n) is 15.3. The first kappa shape index (κ1) is 16.4. The average Bonchev–Trinajstić information content (AvgIpc) is 3.35. The van der Waals surface area contributed by atoms with E-state index < -0.39 is 0 Å². The highest BCUT2D eigenvalue weighted by Gasteiger charge is 2.20. The Kier molecular flexibility index (Phi) is 4.12. The zero-order valence-corrected chi connectivity index (χ0v) is 15.3. The van der Waals surface area contributed by atoms with Crippen LogP contribution in [-0.2, 0) is 19.4 Å². The quantitative estimate of drug-likeness (QED) is 0.674. The lowest BCUT2D eigenvalue weighted by Gasteiger charge is -2.35. The number of rotatable bonds is 4. The van der Waals surface area contributed by atoms with Crippen molar-refractivity contribution in [1.29, 1.82) is 0 Å². The number of hydrogen-bond donors (Lipinski definition) is 0. The Morgan fingerprint density at radius 1 is 1.04 bits per heavy atom. The lowest BCUT2D eigenvalue weighted by atomic mass is 10.2. The molecular weight excluding hydrogens is 342 g/mol. The van der Waals surface area contributed by atoms with Gasteiger partial charge in [0.25, 0.3) is 5.56 Å². The maximum Gasteiger partial charge on any atom is 0.267 e. The summed E-state index contributed by atoms with van der Waals surface area (Å²) in [6.07, 6.45) is 8.59. The predicted octanol–water partition coefficient (Wildman–Crippen LogP) is 0.597. The summed E-state index contributed by atoms with van der Waals surface area (Å²) in [5.74, 6) is 0.992. The SMILES string of the molecule is O=c1cc2c(nn1CCN1CCN(c3nccn4nccc34)CC1)CCC2. The van der Waals surface area contributed by atoms with Crippen LogP contribution in [0.15, 0.2) is 35.5 Å². The van der Waals surface area contributed by atoms with Gasteiger partial charge in [0, 0.05) is 51.2 Å². The lowest BCUT2D eigenvalue weighted by molar-refractivity contribution is 0.242. The second kappa shape index (κ2) is 6.77. The molecule has 1 aliphatic carbocycles. The second-order valence-corrected chi connectivity index (χ2v) is 7.27. The minimum Gasteiger partial charge on any atom is -0.352 e. The number of piperazine rings is 1. The van der Waals surface area contributed by atoms with Gasteiger partial charge in [-0.15, -0.1) is 0 Å². The Labute approximate surface area is 157 Å². The summed E-state index contributed by atoms with van der Waals surface area (Å²) >= 11 is 0. The molecule has 3 aromatic rings. The summed E-state index contributed by atoms with van der Waals surface area (Å²) in [6, 6.07) is 3.78. The normalized spacial score (nSPS) is 17.6. The third-order valence-electron chi connectivity index (χ3n) is 5.63. The maximum atomic E-state index is 12.2. The van der Waals surface area contributed by atoms with E-state index in [9.17, 15) is 4.79 Å². The van der Waals surface area contributed by atoms with Crippen molar-refractivity contribution >= 4 is 11.3 Å². The van der Waals surface area contributed by atoms with Crippen LogP contribution in [0.4, 0.5) is 5.82 Å². The molecule has 1 fully saturated rings. The minimum atomic E-state index is 0.0332. The van der Waals surface area contributed by atoms with Crippen LogP contribution in [0, 0.1) is 0 Å². The standard InChI is InChI=1S/C19H23N7O/c27-18-14-15-2-1-3-16(15)22-26(18)13-10-23-8-11-24(12-9-23)19-17-4-5-21-25(17)7-6-20-19/h4-7,14H,1-3,8-13H2. The number of anilines is 1. The number of fused-ring (bicyclic) bond motifs is 2. The van der Waals surface area contributed by atoms with Gasteiger partial charge in [-0.3, -0.25) is 9.69 Å². The van der Waals surface area contributed by atoms with E-state index in [1.54, 1.807) is 23.1 Å². The van der Waals surface area contributed by atoms with E-state index >= 15 is 0 Å². The van der Waals surface area contributed by atoms with Crippen molar-refractivity contribution in [2.75, 3.05) is 37.6 Å². The first-order chi connectivity index (χ1) is 13.3. The first-order valence-corrected chi connectivity index (χ1v) is 9.63. The molecule has 0 unspecified atom stereocenters. The Morgan fingerprint density at radius 3 is 2.81 bits per heavy atom. The van der Waals surface area contributed by atoms with Crippen molar-refractivity contribution in [1.82, 2.24) is 29.3 Å². The van der Waals surface area contributed by atoms with Crippen LogP contribution in [0.2, 0.25) is 0 Å². The van der Waals surface area contributed by atoms with Crippen molar-refractivity contribution in [3.8, 4) is 0 Å². The molecule has 8 heteroatoms. The highest BCUT2D eigenvalue weighted by atomic mass is 16.1. The fourth-order valence-electron chi connectivity index (χ4n) is 4.11. The Balaban J connectivity index is 1.22. The predicted molar refractivity (Wildman–Crippen MR) is 102 cm³/mol. The summed E-state index contributed by atoms with van der Waals surface area (Å²) < 4.78 is 3.51. The first-order valence-electron chi connectivity index (χ1n) is 9.63. The van der Waals surface area contributed by atoms with Crippen molar-refractivity contribution in [3.63, 3.8) is 0 Å². The topological polar surface area (TPSA) is 71.6 Å². The molecule has 1 saturated heterocycles. The molecule has 1 aliphatic heterocycles. The van der Waals surface area contributed by atoms with E-state index in [1.807, 2.05) is 16.8 Å². The van der Waals surface area contributed by atoms with Gasteiger partial charge in [-0.1, -0.05) is 0 Å². The molecule has 3 aromatic heterocycles. The van der Waals surface area contributed by atoms with Crippen LogP contribution in [0.25, 0.3) is 5.52 Å². The maximum absolute atomic E-state index is 12.2. The molecule has 140 valence electrons. The van der Waals surface area contributed by atoms with Crippen molar-refractivity contribution < 1.29 is 0 Å². The molecule has 0 bridgehead atoms. The van der Waals surface area contributed by atoms with Crippen molar-refractivity contribution in [2.45, 2.75) is 25.8 Å². The molecule has 0 saturated carbocycles. The molecule has 2 aliphatic rings.